The smallest absolute Gasteiger partial charge is 0.257 e. The van der Waals surface area contributed by atoms with E-state index in [1.165, 1.54) is 6.20 Å². The van der Waals surface area contributed by atoms with Crippen molar-refractivity contribution in [2.24, 2.45) is 0 Å². The van der Waals surface area contributed by atoms with E-state index in [0.717, 1.165) is 11.3 Å². The first-order valence-corrected chi connectivity index (χ1v) is 8.98. The first-order valence-electron chi connectivity index (χ1n) is 8.98. The molecule has 2 aromatic heterocycles. The van der Waals surface area contributed by atoms with Crippen LogP contribution in [-0.4, -0.2) is 47.3 Å². The number of aromatic nitrogens is 3. The SMILES string of the molecule is CNc1cc2nc3c(cnn13)C(=O)NC(C)COCc1ccc(OC)c(c1)N2. The second-order valence-corrected chi connectivity index (χ2v) is 6.62. The maximum atomic E-state index is 12.7. The third kappa shape index (κ3) is 3.31. The first kappa shape index (κ1) is 18.1. The van der Waals surface area contributed by atoms with Crippen LogP contribution in [0.2, 0.25) is 0 Å². The van der Waals surface area contributed by atoms with Crippen molar-refractivity contribution in [2.75, 3.05) is 31.4 Å². The average Bonchev–Trinajstić information content (AvgIpc) is 3.11. The molecule has 1 aliphatic rings. The van der Waals surface area contributed by atoms with Crippen molar-refractivity contribution in [3.05, 3.63) is 41.6 Å². The highest BCUT2D eigenvalue weighted by molar-refractivity contribution is 6.00. The minimum absolute atomic E-state index is 0.159. The van der Waals surface area contributed by atoms with Crippen LogP contribution >= 0.6 is 0 Å². The molecule has 9 nitrogen and oxygen atoms in total. The van der Waals surface area contributed by atoms with Crippen LogP contribution in [-0.2, 0) is 11.3 Å². The predicted octanol–water partition coefficient (Wildman–Crippen LogP) is 2.17. The molecule has 0 spiro atoms. The fourth-order valence-corrected chi connectivity index (χ4v) is 3.14. The molecule has 1 aliphatic heterocycles. The van der Waals surface area contributed by atoms with Gasteiger partial charge in [0, 0.05) is 19.2 Å². The fourth-order valence-electron chi connectivity index (χ4n) is 3.14. The van der Waals surface area contributed by atoms with Gasteiger partial charge in [0.25, 0.3) is 5.91 Å². The molecule has 3 aromatic rings. The van der Waals surface area contributed by atoms with Crippen molar-refractivity contribution in [3.63, 3.8) is 0 Å². The van der Waals surface area contributed by atoms with Crippen molar-refractivity contribution in [3.8, 4) is 5.75 Å². The third-order valence-corrected chi connectivity index (χ3v) is 4.51. The molecule has 0 saturated heterocycles. The molecule has 3 N–H and O–H groups in total. The summed E-state index contributed by atoms with van der Waals surface area (Å²) in [4.78, 5) is 17.3. The monoisotopic (exact) mass is 382 g/mol. The Balaban J connectivity index is 1.88. The molecule has 0 aliphatic carbocycles. The van der Waals surface area contributed by atoms with E-state index in [-0.39, 0.29) is 11.9 Å². The lowest BCUT2D eigenvalue weighted by Crippen LogP contribution is -2.35. The van der Waals surface area contributed by atoms with Crippen LogP contribution in [0.1, 0.15) is 22.8 Å². The zero-order chi connectivity index (χ0) is 19.7. The van der Waals surface area contributed by atoms with E-state index in [1.54, 1.807) is 18.7 Å². The van der Waals surface area contributed by atoms with E-state index in [4.69, 9.17) is 9.47 Å². The fraction of sp³-hybridized carbons (Fsp3) is 0.316. The first-order chi connectivity index (χ1) is 13.6. The van der Waals surface area contributed by atoms with Gasteiger partial charge in [0.05, 0.1) is 32.2 Å². The molecule has 1 aromatic carbocycles. The molecule has 1 unspecified atom stereocenters. The zero-order valence-corrected chi connectivity index (χ0v) is 15.9. The van der Waals surface area contributed by atoms with Crippen LogP contribution in [0.15, 0.2) is 30.5 Å². The maximum absolute atomic E-state index is 12.7. The Hall–Kier alpha value is -3.33. The minimum Gasteiger partial charge on any atom is -0.495 e. The summed E-state index contributed by atoms with van der Waals surface area (Å²) < 4.78 is 12.8. The van der Waals surface area contributed by atoms with Crippen molar-refractivity contribution >= 4 is 28.9 Å². The Bertz CT molecular complexity index is 1030. The quantitative estimate of drug-likeness (QED) is 0.624. The molecule has 0 radical (unpaired) electrons. The summed E-state index contributed by atoms with van der Waals surface area (Å²) in [6, 6.07) is 7.46. The number of ether oxygens (including phenoxy) is 2. The minimum atomic E-state index is -0.244. The molecule has 28 heavy (non-hydrogen) atoms. The van der Waals surface area contributed by atoms with Gasteiger partial charge in [-0.1, -0.05) is 6.07 Å². The summed E-state index contributed by atoms with van der Waals surface area (Å²) in [7, 11) is 3.41. The van der Waals surface area contributed by atoms with Crippen LogP contribution in [0.5, 0.6) is 5.75 Å². The molecule has 0 fully saturated rings. The molecule has 0 saturated carbocycles. The highest BCUT2D eigenvalue weighted by atomic mass is 16.5. The largest absolute Gasteiger partial charge is 0.495 e. The van der Waals surface area contributed by atoms with Gasteiger partial charge >= 0.3 is 0 Å². The highest BCUT2D eigenvalue weighted by Crippen LogP contribution is 2.30. The van der Waals surface area contributed by atoms with Gasteiger partial charge in [0.15, 0.2) is 5.65 Å². The van der Waals surface area contributed by atoms with Gasteiger partial charge in [-0.25, -0.2) is 4.98 Å². The summed E-state index contributed by atoms with van der Waals surface area (Å²) in [5.74, 6) is 1.70. The van der Waals surface area contributed by atoms with Crippen molar-refractivity contribution in [2.45, 2.75) is 19.6 Å². The standard InChI is InChI=1S/C19H22N6O3/c1-11-9-28-10-12-4-5-15(27-3)14(6-12)23-16-7-17(20-2)25-18(24-16)13(8-21-25)19(26)22-11/h4-8,11,20H,9-10H2,1-3H3,(H,22,26)(H,23,24). The number of hydrogen-bond donors (Lipinski definition) is 3. The zero-order valence-electron chi connectivity index (χ0n) is 15.9. The lowest BCUT2D eigenvalue weighted by molar-refractivity contribution is 0.0821. The molecule has 4 rings (SSSR count). The maximum Gasteiger partial charge on any atom is 0.257 e. The van der Waals surface area contributed by atoms with E-state index in [1.807, 2.05) is 31.2 Å². The van der Waals surface area contributed by atoms with Gasteiger partial charge in [0.2, 0.25) is 0 Å². The molecule has 146 valence electrons. The van der Waals surface area contributed by atoms with Crippen LogP contribution in [0.4, 0.5) is 17.3 Å². The number of nitrogens with zero attached hydrogens (tertiary/aromatic N) is 3. The van der Waals surface area contributed by atoms with Crippen LogP contribution < -0.4 is 20.7 Å². The number of nitrogens with one attached hydrogen (secondary N) is 3. The molecule has 9 heteroatoms. The van der Waals surface area contributed by atoms with Crippen LogP contribution in [0, 0.1) is 0 Å². The van der Waals surface area contributed by atoms with Gasteiger partial charge in [-0.2, -0.15) is 9.61 Å². The normalized spacial score (nSPS) is 17.0. The number of methoxy groups -OCH3 is 1. The van der Waals surface area contributed by atoms with Crippen molar-refractivity contribution < 1.29 is 14.3 Å². The number of benzene rings is 1. The van der Waals surface area contributed by atoms with Crippen LogP contribution in [0.3, 0.4) is 0 Å². The summed E-state index contributed by atoms with van der Waals surface area (Å²) >= 11 is 0. The van der Waals surface area contributed by atoms with Crippen molar-refractivity contribution in [1.29, 1.82) is 0 Å². The Morgan fingerprint density at radius 1 is 1.36 bits per heavy atom. The molecule has 1 atom stereocenters. The third-order valence-electron chi connectivity index (χ3n) is 4.51. The Morgan fingerprint density at radius 2 is 2.21 bits per heavy atom. The second-order valence-electron chi connectivity index (χ2n) is 6.62. The molecular weight excluding hydrogens is 360 g/mol. The van der Waals surface area contributed by atoms with E-state index in [9.17, 15) is 4.79 Å². The van der Waals surface area contributed by atoms with E-state index >= 15 is 0 Å². The van der Waals surface area contributed by atoms with E-state index in [0.29, 0.717) is 41.8 Å². The number of fused-ring (bicyclic) bond motifs is 3. The van der Waals surface area contributed by atoms with Gasteiger partial charge in [-0.3, -0.25) is 4.79 Å². The molecule has 3 heterocycles. The van der Waals surface area contributed by atoms with Gasteiger partial charge in [-0.05, 0) is 24.6 Å². The summed E-state index contributed by atoms with van der Waals surface area (Å²) in [6.45, 7) is 2.71. The van der Waals surface area contributed by atoms with E-state index < -0.39 is 0 Å². The number of hydrogen-bond acceptors (Lipinski definition) is 7. The number of carbonyl (C=O) groups is 1. The van der Waals surface area contributed by atoms with E-state index in [2.05, 4.69) is 26.0 Å². The van der Waals surface area contributed by atoms with Gasteiger partial charge < -0.3 is 25.4 Å². The second kappa shape index (κ2) is 7.35. The van der Waals surface area contributed by atoms with Crippen molar-refractivity contribution in [1.82, 2.24) is 19.9 Å². The Labute approximate surface area is 162 Å². The lowest BCUT2D eigenvalue weighted by Gasteiger charge is -2.17. The number of rotatable bonds is 2. The summed E-state index contributed by atoms with van der Waals surface area (Å²) in [5.41, 5.74) is 2.59. The average molecular weight is 382 g/mol. The predicted molar refractivity (Wildman–Crippen MR) is 105 cm³/mol. The summed E-state index contributed by atoms with van der Waals surface area (Å²) in [6.07, 6.45) is 1.52. The Morgan fingerprint density at radius 3 is 3.00 bits per heavy atom. The van der Waals surface area contributed by atoms with Gasteiger partial charge in [-0.15, -0.1) is 0 Å². The highest BCUT2D eigenvalue weighted by Gasteiger charge is 2.19. The lowest BCUT2D eigenvalue weighted by atomic mass is 10.2. The molecule has 4 bridgehead atoms. The molecular formula is C19H22N6O3. The summed E-state index contributed by atoms with van der Waals surface area (Å²) in [5, 5.41) is 13.6. The number of anilines is 3. The van der Waals surface area contributed by atoms with Crippen LogP contribution in [0.25, 0.3) is 5.65 Å². The topological polar surface area (TPSA) is 102 Å². The molecule has 1 amide bonds. The number of carbonyl (C=O) groups excluding carboxylic acids is 1. The number of amides is 1. The Kier molecular flexibility index (Phi) is 4.74. The van der Waals surface area contributed by atoms with Gasteiger partial charge in [0.1, 0.15) is 22.9 Å².